The summed E-state index contributed by atoms with van der Waals surface area (Å²) in [5.74, 6) is -3.75. The fourth-order valence-corrected chi connectivity index (χ4v) is 3.42. The molecular weight excluding hydrogens is 481 g/mol. The van der Waals surface area contributed by atoms with Gasteiger partial charge in [-0.05, 0) is 54.6 Å². The Bertz CT molecular complexity index is 1110. The van der Waals surface area contributed by atoms with E-state index in [1.807, 2.05) is 0 Å². The monoisotopic (exact) mass is 496 g/mol. The first-order valence-electron chi connectivity index (χ1n) is 9.15. The number of amides is 1. The molecule has 3 aromatic carbocycles. The highest BCUT2D eigenvalue weighted by Gasteiger charge is 2.15. The smallest absolute Gasteiger partial charge is 0.340 e. The maximum atomic E-state index is 12.5. The largest absolute Gasteiger partial charge is 0.452 e. The Balaban J connectivity index is 1.61. The molecule has 0 saturated carbocycles. The molecule has 0 unspecified atom stereocenters. The second-order valence-corrected chi connectivity index (χ2v) is 8.20. The lowest BCUT2D eigenvalue weighted by Gasteiger charge is -2.12. The van der Waals surface area contributed by atoms with E-state index < -0.39 is 24.2 Å². The van der Waals surface area contributed by atoms with E-state index >= 15 is 0 Å². The van der Waals surface area contributed by atoms with Crippen molar-refractivity contribution in [3.05, 3.63) is 82.3 Å². The molecule has 0 heterocycles. The number of rotatable bonds is 8. The first-order chi connectivity index (χ1) is 15.3. The number of thioether (sulfide) groups is 1. The molecule has 0 bridgehead atoms. The van der Waals surface area contributed by atoms with Crippen molar-refractivity contribution >= 4 is 63.9 Å². The Morgan fingerprint density at radius 2 is 1.62 bits per heavy atom. The van der Waals surface area contributed by atoms with Crippen LogP contribution >= 0.6 is 35.0 Å². The standard InChI is InChI=1S/C22H16Cl2F2N2O3S/c23-17-10-7-14(11-18(17)24)28-20(29)12-31-21(30)16-3-1-2-4-19(16)27-13-5-8-15(9-6-13)32-22(25)26/h1-11,22,27H,12H2,(H,28,29). The fraction of sp³-hybridized carbons (Fsp3) is 0.0909. The van der Waals surface area contributed by atoms with E-state index in [-0.39, 0.29) is 10.6 Å². The highest BCUT2D eigenvalue weighted by Crippen LogP contribution is 2.28. The molecule has 32 heavy (non-hydrogen) atoms. The molecule has 0 aromatic heterocycles. The Kier molecular flexibility index (Phi) is 8.33. The lowest BCUT2D eigenvalue weighted by atomic mass is 10.1. The minimum Gasteiger partial charge on any atom is -0.452 e. The van der Waals surface area contributed by atoms with Gasteiger partial charge in [0.05, 0.1) is 21.3 Å². The molecule has 0 atom stereocenters. The highest BCUT2D eigenvalue weighted by atomic mass is 35.5. The first kappa shape index (κ1) is 23.8. The summed E-state index contributed by atoms with van der Waals surface area (Å²) in [6.45, 7) is -0.507. The molecule has 0 aliphatic rings. The predicted molar refractivity (Wildman–Crippen MR) is 123 cm³/mol. The molecule has 0 aliphatic carbocycles. The van der Waals surface area contributed by atoms with Gasteiger partial charge in [-0.15, -0.1) is 0 Å². The van der Waals surface area contributed by atoms with E-state index in [9.17, 15) is 18.4 Å². The topological polar surface area (TPSA) is 67.4 Å². The molecule has 1 amide bonds. The molecule has 0 radical (unpaired) electrons. The summed E-state index contributed by atoms with van der Waals surface area (Å²) in [6, 6.07) is 17.5. The van der Waals surface area contributed by atoms with Crippen molar-refractivity contribution < 1.29 is 23.1 Å². The summed E-state index contributed by atoms with van der Waals surface area (Å²) in [5, 5.41) is 6.24. The van der Waals surface area contributed by atoms with Crippen LogP contribution in [0.4, 0.5) is 25.8 Å². The summed E-state index contributed by atoms with van der Waals surface area (Å²) in [5.41, 5.74) is 1.66. The third kappa shape index (κ3) is 6.85. The van der Waals surface area contributed by atoms with Crippen LogP contribution in [-0.4, -0.2) is 24.2 Å². The van der Waals surface area contributed by atoms with Crippen molar-refractivity contribution in [2.24, 2.45) is 0 Å². The molecule has 3 aromatic rings. The molecule has 0 aliphatic heterocycles. The summed E-state index contributed by atoms with van der Waals surface area (Å²) < 4.78 is 30.0. The molecule has 10 heteroatoms. The SMILES string of the molecule is O=C(COC(=O)c1ccccc1Nc1ccc(SC(F)F)cc1)Nc1ccc(Cl)c(Cl)c1. The second kappa shape index (κ2) is 11.2. The number of alkyl halides is 2. The Hall–Kier alpha value is -2.81. The highest BCUT2D eigenvalue weighted by molar-refractivity contribution is 7.99. The van der Waals surface area contributed by atoms with Gasteiger partial charge < -0.3 is 15.4 Å². The Morgan fingerprint density at radius 1 is 0.938 bits per heavy atom. The van der Waals surface area contributed by atoms with Gasteiger partial charge >= 0.3 is 5.97 Å². The zero-order chi connectivity index (χ0) is 23.1. The van der Waals surface area contributed by atoms with Gasteiger partial charge in [-0.25, -0.2) is 4.79 Å². The van der Waals surface area contributed by atoms with Crippen LogP contribution in [0, 0.1) is 0 Å². The number of hydrogen-bond donors (Lipinski definition) is 2. The molecular formula is C22H16Cl2F2N2O3S. The van der Waals surface area contributed by atoms with Crippen LogP contribution in [0.2, 0.25) is 10.0 Å². The summed E-state index contributed by atoms with van der Waals surface area (Å²) in [7, 11) is 0. The maximum absolute atomic E-state index is 12.5. The lowest BCUT2D eigenvalue weighted by Crippen LogP contribution is -2.21. The van der Waals surface area contributed by atoms with E-state index in [0.29, 0.717) is 38.7 Å². The number of carbonyl (C=O) groups excluding carboxylic acids is 2. The van der Waals surface area contributed by atoms with E-state index in [1.165, 1.54) is 12.1 Å². The van der Waals surface area contributed by atoms with Gasteiger partial charge in [-0.2, -0.15) is 8.78 Å². The number of benzene rings is 3. The number of hydrogen-bond acceptors (Lipinski definition) is 5. The summed E-state index contributed by atoms with van der Waals surface area (Å²) in [4.78, 5) is 25.0. The van der Waals surface area contributed by atoms with Gasteiger partial charge in [-0.3, -0.25) is 4.79 Å². The normalized spacial score (nSPS) is 10.7. The number of para-hydroxylation sites is 1. The van der Waals surface area contributed by atoms with E-state index in [0.717, 1.165) is 0 Å². The average Bonchev–Trinajstić information content (AvgIpc) is 2.76. The van der Waals surface area contributed by atoms with Gasteiger partial charge in [0.25, 0.3) is 11.7 Å². The summed E-state index contributed by atoms with van der Waals surface area (Å²) >= 11 is 12.2. The van der Waals surface area contributed by atoms with Crippen molar-refractivity contribution in [1.82, 2.24) is 0 Å². The third-order valence-corrected chi connectivity index (χ3v) is 5.50. The van der Waals surface area contributed by atoms with E-state index in [1.54, 1.807) is 54.6 Å². The van der Waals surface area contributed by atoms with E-state index in [4.69, 9.17) is 27.9 Å². The lowest BCUT2D eigenvalue weighted by molar-refractivity contribution is -0.119. The van der Waals surface area contributed by atoms with Crippen molar-refractivity contribution in [1.29, 1.82) is 0 Å². The van der Waals surface area contributed by atoms with Crippen molar-refractivity contribution in [2.45, 2.75) is 10.7 Å². The van der Waals surface area contributed by atoms with E-state index in [2.05, 4.69) is 10.6 Å². The molecule has 0 fully saturated rings. The van der Waals surface area contributed by atoms with Crippen LogP contribution in [-0.2, 0) is 9.53 Å². The maximum Gasteiger partial charge on any atom is 0.340 e. The van der Waals surface area contributed by atoms with Crippen LogP contribution in [0.1, 0.15) is 10.4 Å². The second-order valence-electron chi connectivity index (χ2n) is 6.33. The fourth-order valence-electron chi connectivity index (χ4n) is 2.63. The zero-order valence-electron chi connectivity index (χ0n) is 16.3. The average molecular weight is 497 g/mol. The number of carbonyl (C=O) groups is 2. The minimum atomic E-state index is -2.50. The number of esters is 1. The first-order valence-corrected chi connectivity index (χ1v) is 10.8. The molecule has 2 N–H and O–H groups in total. The molecule has 0 spiro atoms. The number of nitrogens with one attached hydrogen (secondary N) is 2. The van der Waals surface area contributed by atoms with Crippen LogP contribution in [0.3, 0.4) is 0 Å². The van der Waals surface area contributed by atoms with Crippen LogP contribution in [0.25, 0.3) is 0 Å². The molecule has 3 rings (SSSR count). The van der Waals surface area contributed by atoms with Crippen LogP contribution in [0.15, 0.2) is 71.6 Å². The van der Waals surface area contributed by atoms with Gasteiger partial charge in [0.2, 0.25) is 0 Å². The quantitative estimate of drug-likeness (QED) is 0.263. The van der Waals surface area contributed by atoms with Gasteiger partial charge in [0.15, 0.2) is 6.61 Å². The zero-order valence-corrected chi connectivity index (χ0v) is 18.6. The number of ether oxygens (including phenoxy) is 1. The van der Waals surface area contributed by atoms with Gasteiger partial charge in [0, 0.05) is 16.3 Å². The Labute approximate surface area is 197 Å². The number of halogens is 4. The summed E-state index contributed by atoms with van der Waals surface area (Å²) in [6.07, 6.45) is 0. The molecule has 166 valence electrons. The van der Waals surface area contributed by atoms with Gasteiger partial charge in [0.1, 0.15) is 0 Å². The minimum absolute atomic E-state index is 0.209. The Morgan fingerprint density at radius 3 is 2.31 bits per heavy atom. The number of anilines is 3. The molecule has 0 saturated heterocycles. The van der Waals surface area contributed by atoms with Gasteiger partial charge in [-0.1, -0.05) is 47.1 Å². The third-order valence-electron chi connectivity index (χ3n) is 4.04. The molecule has 5 nitrogen and oxygen atoms in total. The predicted octanol–water partition coefficient (Wildman–Crippen LogP) is 6.85. The van der Waals surface area contributed by atoms with Crippen LogP contribution < -0.4 is 10.6 Å². The van der Waals surface area contributed by atoms with Crippen molar-refractivity contribution in [3.8, 4) is 0 Å². The van der Waals surface area contributed by atoms with Crippen molar-refractivity contribution in [2.75, 3.05) is 17.2 Å². The van der Waals surface area contributed by atoms with Crippen molar-refractivity contribution in [3.63, 3.8) is 0 Å². The van der Waals surface area contributed by atoms with Crippen LogP contribution in [0.5, 0.6) is 0 Å².